The molecule has 0 aliphatic heterocycles. The fourth-order valence-electron chi connectivity index (χ4n) is 2.12. The van der Waals surface area contributed by atoms with Crippen LogP contribution < -0.4 is 5.32 Å². The summed E-state index contributed by atoms with van der Waals surface area (Å²) in [4.78, 5) is 26.5. The highest BCUT2D eigenvalue weighted by Crippen LogP contribution is 2.23. The van der Waals surface area contributed by atoms with E-state index in [0.717, 1.165) is 4.88 Å². The van der Waals surface area contributed by atoms with Crippen molar-refractivity contribution in [2.45, 2.75) is 13.5 Å². The molecule has 120 valence electrons. The summed E-state index contributed by atoms with van der Waals surface area (Å²) < 4.78 is 0.693. The van der Waals surface area contributed by atoms with Gasteiger partial charge in [0.1, 0.15) is 0 Å². The smallest absolute Gasteiger partial charge is 0.254 e. The average Bonchev–Trinajstić information content (AvgIpc) is 2.91. The molecule has 0 unspecified atom stereocenters. The van der Waals surface area contributed by atoms with Gasteiger partial charge in [-0.25, -0.2) is 0 Å². The Kier molecular flexibility index (Phi) is 5.96. The first kappa shape index (κ1) is 17.2. The first-order chi connectivity index (χ1) is 11.0. The summed E-state index contributed by atoms with van der Waals surface area (Å²) in [6, 6.07) is 10.6. The lowest BCUT2D eigenvalue weighted by molar-refractivity contribution is -0.114. The predicted octanol–water partition coefficient (Wildman–Crippen LogP) is 4.19. The fourth-order valence-corrected chi connectivity index (χ4v) is 3.22. The molecule has 2 aromatic rings. The quantitative estimate of drug-likeness (QED) is 0.796. The van der Waals surface area contributed by atoms with Crippen molar-refractivity contribution in [1.29, 1.82) is 0 Å². The Hall–Kier alpha value is -2.11. The lowest BCUT2D eigenvalue weighted by atomic mass is 10.1. The number of hydrogen-bond donors (Lipinski definition) is 1. The van der Waals surface area contributed by atoms with Gasteiger partial charge in [-0.15, -0.1) is 17.9 Å². The summed E-state index contributed by atoms with van der Waals surface area (Å²) in [5.41, 5.74) is 1.11. The van der Waals surface area contributed by atoms with E-state index >= 15 is 0 Å². The van der Waals surface area contributed by atoms with E-state index < -0.39 is 0 Å². The van der Waals surface area contributed by atoms with Crippen molar-refractivity contribution in [1.82, 2.24) is 4.90 Å². The van der Waals surface area contributed by atoms with Crippen LogP contribution in [-0.2, 0) is 11.3 Å². The van der Waals surface area contributed by atoms with Crippen molar-refractivity contribution >= 4 is 40.4 Å². The SMILES string of the molecule is C=CCN(Cc1ccc(Cl)s1)C(=O)c1cccc(NC(C)=O)c1. The van der Waals surface area contributed by atoms with Crippen LogP contribution in [0.25, 0.3) is 0 Å². The van der Waals surface area contributed by atoms with E-state index in [2.05, 4.69) is 11.9 Å². The number of amides is 2. The molecule has 0 atom stereocenters. The van der Waals surface area contributed by atoms with Crippen molar-refractivity contribution in [2.75, 3.05) is 11.9 Å². The number of rotatable bonds is 6. The van der Waals surface area contributed by atoms with Crippen molar-refractivity contribution in [3.63, 3.8) is 0 Å². The van der Waals surface area contributed by atoms with Crippen LogP contribution in [0.1, 0.15) is 22.2 Å². The Morgan fingerprint density at radius 1 is 1.35 bits per heavy atom. The van der Waals surface area contributed by atoms with Gasteiger partial charge >= 0.3 is 0 Å². The summed E-state index contributed by atoms with van der Waals surface area (Å²) in [5, 5.41) is 2.68. The molecule has 0 saturated heterocycles. The number of hydrogen-bond acceptors (Lipinski definition) is 3. The van der Waals surface area contributed by atoms with Gasteiger partial charge in [0.2, 0.25) is 5.91 Å². The molecule has 0 aliphatic carbocycles. The first-order valence-corrected chi connectivity index (χ1v) is 8.21. The normalized spacial score (nSPS) is 10.2. The second-order valence-corrected chi connectivity index (χ2v) is 6.74. The van der Waals surface area contributed by atoms with E-state index in [0.29, 0.717) is 28.7 Å². The molecular formula is C17H17ClN2O2S. The molecule has 2 rings (SSSR count). The molecule has 1 aromatic heterocycles. The number of anilines is 1. The largest absolute Gasteiger partial charge is 0.330 e. The van der Waals surface area contributed by atoms with Crippen LogP contribution in [0.3, 0.4) is 0 Å². The molecule has 0 spiro atoms. The monoisotopic (exact) mass is 348 g/mol. The van der Waals surface area contributed by atoms with E-state index in [-0.39, 0.29) is 11.8 Å². The minimum absolute atomic E-state index is 0.123. The number of carbonyl (C=O) groups is 2. The van der Waals surface area contributed by atoms with Crippen molar-refractivity contribution in [3.05, 3.63) is 63.8 Å². The maximum absolute atomic E-state index is 12.7. The van der Waals surface area contributed by atoms with Crippen LogP contribution in [0.2, 0.25) is 4.34 Å². The van der Waals surface area contributed by atoms with Crippen molar-refractivity contribution in [3.8, 4) is 0 Å². The summed E-state index contributed by atoms with van der Waals surface area (Å²) in [6.07, 6.45) is 1.69. The number of nitrogens with zero attached hydrogens (tertiary/aromatic N) is 1. The molecule has 1 N–H and O–H groups in total. The number of benzene rings is 1. The topological polar surface area (TPSA) is 49.4 Å². The van der Waals surface area contributed by atoms with Gasteiger partial charge in [-0.1, -0.05) is 23.7 Å². The summed E-state index contributed by atoms with van der Waals surface area (Å²) in [5.74, 6) is -0.299. The van der Waals surface area contributed by atoms with Crippen molar-refractivity contribution < 1.29 is 9.59 Å². The molecule has 1 aromatic carbocycles. The van der Waals surface area contributed by atoms with Crippen LogP contribution in [0, 0.1) is 0 Å². The van der Waals surface area contributed by atoms with Crippen LogP contribution in [0.5, 0.6) is 0 Å². The molecule has 0 radical (unpaired) electrons. The maximum Gasteiger partial charge on any atom is 0.254 e. The minimum Gasteiger partial charge on any atom is -0.330 e. The van der Waals surface area contributed by atoms with E-state index in [1.165, 1.54) is 18.3 Å². The van der Waals surface area contributed by atoms with Crippen LogP contribution in [0.4, 0.5) is 5.69 Å². The first-order valence-electron chi connectivity index (χ1n) is 7.01. The van der Waals surface area contributed by atoms with Gasteiger partial charge in [0.05, 0.1) is 10.9 Å². The third-order valence-corrected chi connectivity index (χ3v) is 4.26. The molecular weight excluding hydrogens is 332 g/mol. The van der Waals surface area contributed by atoms with E-state index in [1.54, 1.807) is 35.2 Å². The summed E-state index contributed by atoms with van der Waals surface area (Å²) in [7, 11) is 0. The lowest BCUT2D eigenvalue weighted by Gasteiger charge is -2.21. The molecule has 23 heavy (non-hydrogen) atoms. The maximum atomic E-state index is 12.7. The molecule has 2 amide bonds. The molecule has 0 bridgehead atoms. The Morgan fingerprint density at radius 2 is 2.13 bits per heavy atom. The van der Waals surface area contributed by atoms with Crippen LogP contribution >= 0.6 is 22.9 Å². The van der Waals surface area contributed by atoms with E-state index in [9.17, 15) is 9.59 Å². The third-order valence-electron chi connectivity index (χ3n) is 3.04. The Bertz CT molecular complexity index is 727. The zero-order valence-corrected chi connectivity index (χ0v) is 14.3. The minimum atomic E-state index is -0.175. The molecule has 6 heteroatoms. The second kappa shape index (κ2) is 7.94. The third kappa shape index (κ3) is 4.94. The van der Waals surface area contributed by atoms with Gasteiger partial charge in [0, 0.05) is 29.6 Å². The van der Waals surface area contributed by atoms with Crippen LogP contribution in [0.15, 0.2) is 49.1 Å². The molecule has 1 heterocycles. The molecule has 0 aliphatic rings. The zero-order valence-electron chi connectivity index (χ0n) is 12.7. The van der Waals surface area contributed by atoms with Gasteiger partial charge in [-0.2, -0.15) is 0 Å². The van der Waals surface area contributed by atoms with E-state index in [4.69, 9.17) is 11.6 Å². The Labute approximate surface area is 144 Å². The Balaban J connectivity index is 2.19. The molecule has 0 saturated carbocycles. The lowest BCUT2D eigenvalue weighted by Crippen LogP contribution is -2.30. The van der Waals surface area contributed by atoms with Gasteiger partial charge in [0.25, 0.3) is 5.91 Å². The van der Waals surface area contributed by atoms with Gasteiger partial charge in [-0.05, 0) is 30.3 Å². The highest BCUT2D eigenvalue weighted by atomic mass is 35.5. The van der Waals surface area contributed by atoms with Gasteiger partial charge in [-0.3, -0.25) is 9.59 Å². The summed E-state index contributed by atoms with van der Waals surface area (Å²) >= 11 is 7.39. The number of halogens is 1. The molecule has 0 fully saturated rings. The highest BCUT2D eigenvalue weighted by Gasteiger charge is 2.16. The predicted molar refractivity (Wildman–Crippen MR) is 95.0 cm³/mol. The number of nitrogens with one attached hydrogen (secondary N) is 1. The highest BCUT2D eigenvalue weighted by molar-refractivity contribution is 7.16. The standard InChI is InChI=1S/C17H17ClN2O2S/c1-3-9-20(11-15-7-8-16(18)23-15)17(22)13-5-4-6-14(10-13)19-12(2)21/h3-8,10H,1,9,11H2,2H3,(H,19,21). The van der Waals surface area contributed by atoms with Gasteiger partial charge < -0.3 is 10.2 Å². The second-order valence-electron chi connectivity index (χ2n) is 4.94. The molecule has 4 nitrogen and oxygen atoms in total. The number of thiophene rings is 1. The van der Waals surface area contributed by atoms with Crippen molar-refractivity contribution in [2.24, 2.45) is 0 Å². The number of carbonyl (C=O) groups excluding carboxylic acids is 2. The van der Waals surface area contributed by atoms with Gasteiger partial charge in [0.15, 0.2) is 0 Å². The summed E-state index contributed by atoms with van der Waals surface area (Å²) in [6.45, 7) is 6.03. The Morgan fingerprint density at radius 3 is 2.74 bits per heavy atom. The van der Waals surface area contributed by atoms with Crippen LogP contribution in [-0.4, -0.2) is 23.3 Å². The zero-order chi connectivity index (χ0) is 16.8. The van der Waals surface area contributed by atoms with E-state index in [1.807, 2.05) is 12.1 Å². The fraction of sp³-hybridized carbons (Fsp3) is 0.176. The average molecular weight is 349 g/mol.